The van der Waals surface area contributed by atoms with Gasteiger partial charge in [0.15, 0.2) is 0 Å². The molecule has 29 heavy (non-hydrogen) atoms. The summed E-state index contributed by atoms with van der Waals surface area (Å²) in [5.74, 6) is 0.611. The largest absolute Gasteiger partial charge is 0.349 e. The molecule has 146 valence electrons. The van der Waals surface area contributed by atoms with Gasteiger partial charge in [0.2, 0.25) is 5.91 Å². The number of aromatic nitrogens is 3. The molecule has 1 N–H and O–H groups in total. The van der Waals surface area contributed by atoms with Crippen molar-refractivity contribution in [1.29, 1.82) is 0 Å². The summed E-state index contributed by atoms with van der Waals surface area (Å²) in [4.78, 5) is 21.6. The molecule has 0 fully saturated rings. The maximum Gasteiger partial charge on any atom is 0.240 e. The van der Waals surface area contributed by atoms with E-state index in [9.17, 15) is 4.79 Å². The summed E-state index contributed by atoms with van der Waals surface area (Å²) >= 11 is 12.7. The molecule has 0 saturated carbocycles. The third-order valence-electron chi connectivity index (χ3n) is 4.62. The Morgan fingerprint density at radius 3 is 2.48 bits per heavy atom. The van der Waals surface area contributed by atoms with Gasteiger partial charge >= 0.3 is 0 Å². The first-order valence-electron chi connectivity index (χ1n) is 9.15. The predicted molar refractivity (Wildman–Crippen MR) is 115 cm³/mol. The first-order chi connectivity index (χ1) is 14.1. The van der Waals surface area contributed by atoms with Crippen molar-refractivity contribution in [1.82, 2.24) is 19.9 Å². The molecule has 7 heteroatoms. The summed E-state index contributed by atoms with van der Waals surface area (Å²) in [6.45, 7) is 0.517. The molecule has 0 aliphatic heterocycles. The van der Waals surface area contributed by atoms with Crippen molar-refractivity contribution in [3.8, 4) is 0 Å². The van der Waals surface area contributed by atoms with E-state index in [1.54, 1.807) is 18.3 Å². The van der Waals surface area contributed by atoms with Gasteiger partial charge in [0.1, 0.15) is 12.4 Å². The second-order valence-corrected chi connectivity index (χ2v) is 7.39. The number of amides is 1. The normalized spacial score (nSPS) is 11.0. The highest BCUT2D eigenvalue weighted by atomic mass is 35.5. The monoisotopic (exact) mass is 424 g/mol. The van der Waals surface area contributed by atoms with E-state index in [0.29, 0.717) is 23.0 Å². The second-order valence-electron chi connectivity index (χ2n) is 6.58. The Balaban J connectivity index is 1.60. The first-order valence-corrected chi connectivity index (χ1v) is 9.91. The molecule has 0 unspecified atom stereocenters. The number of pyridine rings is 1. The van der Waals surface area contributed by atoms with Gasteiger partial charge in [-0.05, 0) is 42.0 Å². The summed E-state index contributed by atoms with van der Waals surface area (Å²) in [7, 11) is 0. The van der Waals surface area contributed by atoms with Crippen molar-refractivity contribution in [2.75, 3.05) is 0 Å². The van der Waals surface area contributed by atoms with Crippen LogP contribution in [0.3, 0.4) is 0 Å². The van der Waals surface area contributed by atoms with Gasteiger partial charge in [-0.25, -0.2) is 4.98 Å². The lowest BCUT2D eigenvalue weighted by Gasteiger charge is -2.11. The number of halogens is 2. The lowest BCUT2D eigenvalue weighted by molar-refractivity contribution is -0.121. The molecule has 0 aliphatic rings. The zero-order valence-electron chi connectivity index (χ0n) is 15.5. The van der Waals surface area contributed by atoms with Crippen LogP contribution in [0.5, 0.6) is 0 Å². The smallest absolute Gasteiger partial charge is 0.240 e. The quantitative estimate of drug-likeness (QED) is 0.490. The summed E-state index contributed by atoms with van der Waals surface area (Å²) in [5, 5.41) is 4.07. The highest BCUT2D eigenvalue weighted by Crippen LogP contribution is 2.28. The van der Waals surface area contributed by atoms with Crippen molar-refractivity contribution >= 4 is 40.1 Å². The molecular formula is C22H18Cl2N4O. The van der Waals surface area contributed by atoms with Gasteiger partial charge in [0, 0.05) is 22.7 Å². The van der Waals surface area contributed by atoms with Crippen LogP contribution in [0.4, 0.5) is 0 Å². The molecule has 0 spiro atoms. The molecule has 0 bridgehead atoms. The van der Waals surface area contributed by atoms with E-state index in [0.717, 1.165) is 28.1 Å². The fourth-order valence-corrected chi connectivity index (χ4v) is 3.72. The highest BCUT2D eigenvalue weighted by molar-refractivity contribution is 6.36. The van der Waals surface area contributed by atoms with Crippen molar-refractivity contribution in [2.24, 2.45) is 0 Å². The van der Waals surface area contributed by atoms with E-state index in [4.69, 9.17) is 28.2 Å². The number of fused-ring (bicyclic) bond motifs is 1. The zero-order chi connectivity index (χ0) is 20.2. The van der Waals surface area contributed by atoms with Gasteiger partial charge < -0.3 is 9.88 Å². The van der Waals surface area contributed by atoms with Crippen LogP contribution in [-0.2, 0) is 24.3 Å². The van der Waals surface area contributed by atoms with Gasteiger partial charge in [0.05, 0.1) is 23.3 Å². The molecule has 1 amide bonds. The highest BCUT2D eigenvalue weighted by Gasteiger charge is 2.16. The summed E-state index contributed by atoms with van der Waals surface area (Å²) in [6, 6.07) is 18.7. The van der Waals surface area contributed by atoms with Crippen LogP contribution >= 0.6 is 23.2 Å². The summed E-state index contributed by atoms with van der Waals surface area (Å²) in [5.41, 5.74) is 3.31. The molecule has 0 aliphatic carbocycles. The summed E-state index contributed by atoms with van der Waals surface area (Å²) in [6.07, 6.45) is 2.14. The average molecular weight is 425 g/mol. The topological polar surface area (TPSA) is 59.8 Å². The Morgan fingerprint density at radius 1 is 0.966 bits per heavy atom. The van der Waals surface area contributed by atoms with Gasteiger partial charge in [0.25, 0.3) is 0 Å². The van der Waals surface area contributed by atoms with Gasteiger partial charge in [-0.15, -0.1) is 0 Å². The van der Waals surface area contributed by atoms with E-state index in [-0.39, 0.29) is 12.5 Å². The van der Waals surface area contributed by atoms with E-state index >= 15 is 0 Å². The van der Waals surface area contributed by atoms with Crippen LogP contribution in [0.15, 0.2) is 66.9 Å². The molecule has 0 atom stereocenters. The molecule has 5 nitrogen and oxygen atoms in total. The molecule has 2 heterocycles. The molecule has 4 aromatic rings. The van der Waals surface area contributed by atoms with Crippen LogP contribution in [0.2, 0.25) is 10.0 Å². The van der Waals surface area contributed by atoms with Crippen molar-refractivity contribution in [2.45, 2.75) is 19.5 Å². The lowest BCUT2D eigenvalue weighted by Crippen LogP contribution is -2.28. The number of para-hydroxylation sites is 2. The Kier molecular flexibility index (Phi) is 5.79. The molecule has 0 saturated heterocycles. The molecule has 2 aromatic heterocycles. The molecular weight excluding hydrogens is 407 g/mol. The van der Waals surface area contributed by atoms with Crippen LogP contribution in [0.25, 0.3) is 11.0 Å². The molecule has 4 rings (SSSR count). The first kappa shape index (κ1) is 19.4. The Labute approximate surface area is 178 Å². The van der Waals surface area contributed by atoms with Crippen molar-refractivity contribution in [3.63, 3.8) is 0 Å². The number of hydrogen-bond acceptors (Lipinski definition) is 3. The van der Waals surface area contributed by atoms with E-state index in [1.165, 1.54) is 0 Å². The van der Waals surface area contributed by atoms with Crippen molar-refractivity contribution in [3.05, 3.63) is 94.0 Å². The molecule has 0 radical (unpaired) electrons. The third kappa shape index (κ3) is 4.42. The number of rotatable bonds is 6. The number of carbonyl (C=O) groups excluding carboxylic acids is 1. The Hall–Kier alpha value is -2.89. The minimum Gasteiger partial charge on any atom is -0.349 e. The number of benzene rings is 2. The second kappa shape index (κ2) is 8.64. The number of carbonyl (C=O) groups is 1. The summed E-state index contributed by atoms with van der Waals surface area (Å²) < 4.78 is 1.91. The zero-order valence-corrected chi connectivity index (χ0v) is 17.0. The van der Waals surface area contributed by atoms with Crippen LogP contribution in [-0.4, -0.2) is 20.4 Å². The van der Waals surface area contributed by atoms with E-state index in [2.05, 4.69) is 10.3 Å². The minimum absolute atomic E-state index is 0.120. The SMILES string of the molecule is O=C(Cn1c(Cc2c(Cl)cccc2Cl)nc2ccccc21)NCc1ccccn1. The molecule has 2 aromatic carbocycles. The lowest BCUT2D eigenvalue weighted by atomic mass is 10.1. The fourth-order valence-electron chi connectivity index (χ4n) is 3.19. The number of imidazole rings is 1. The van der Waals surface area contributed by atoms with Crippen molar-refractivity contribution < 1.29 is 4.79 Å². The van der Waals surface area contributed by atoms with Crippen LogP contribution < -0.4 is 5.32 Å². The Bertz CT molecular complexity index is 1140. The van der Waals surface area contributed by atoms with Gasteiger partial charge in [-0.3, -0.25) is 9.78 Å². The number of nitrogens with one attached hydrogen (secondary N) is 1. The average Bonchev–Trinajstić information content (AvgIpc) is 3.07. The standard InChI is InChI=1S/C22H18Cl2N4O/c23-17-7-5-8-18(24)16(17)12-21-27-19-9-1-2-10-20(19)28(21)14-22(29)26-13-15-6-3-4-11-25-15/h1-11H,12-14H2,(H,26,29). The van der Waals surface area contributed by atoms with Gasteiger partial charge in [-0.2, -0.15) is 0 Å². The number of nitrogens with zero attached hydrogens (tertiary/aromatic N) is 3. The van der Waals surface area contributed by atoms with E-state index in [1.807, 2.05) is 53.1 Å². The van der Waals surface area contributed by atoms with Crippen LogP contribution in [0.1, 0.15) is 17.1 Å². The predicted octanol–water partition coefficient (Wildman–Crippen LogP) is 4.65. The maximum atomic E-state index is 12.6. The third-order valence-corrected chi connectivity index (χ3v) is 5.33. The maximum absolute atomic E-state index is 12.6. The minimum atomic E-state index is -0.120. The van der Waals surface area contributed by atoms with E-state index < -0.39 is 0 Å². The van der Waals surface area contributed by atoms with Gasteiger partial charge in [-0.1, -0.05) is 47.5 Å². The Morgan fingerprint density at radius 2 is 1.72 bits per heavy atom. The number of hydrogen-bond donors (Lipinski definition) is 1. The van der Waals surface area contributed by atoms with Crippen LogP contribution in [0, 0.1) is 0 Å². The fraction of sp³-hybridized carbons (Fsp3) is 0.136.